The Morgan fingerprint density at radius 3 is 2.36 bits per heavy atom. The molecule has 2 aromatic rings. The molecule has 2 aromatic carbocycles. The lowest BCUT2D eigenvalue weighted by molar-refractivity contribution is -0.130. The number of halogens is 2. The third-order valence-electron chi connectivity index (χ3n) is 7.11. The Morgan fingerprint density at radius 2 is 1.67 bits per heavy atom. The van der Waals surface area contributed by atoms with Gasteiger partial charge in [-0.2, -0.15) is 0 Å². The Morgan fingerprint density at radius 1 is 0.970 bits per heavy atom. The lowest BCUT2D eigenvalue weighted by atomic mass is 9.89. The number of hydrogen-bond donors (Lipinski definition) is 0. The van der Waals surface area contributed by atoms with Crippen molar-refractivity contribution in [3.63, 3.8) is 0 Å². The number of carbonyl (C=O) groups is 2. The van der Waals surface area contributed by atoms with Gasteiger partial charge in [0, 0.05) is 56.7 Å². The molecule has 0 spiro atoms. The van der Waals surface area contributed by atoms with Crippen molar-refractivity contribution in [2.24, 2.45) is 5.92 Å². The molecule has 33 heavy (non-hydrogen) atoms. The monoisotopic (exact) mass is 488 g/mol. The standard InChI is InChI=1S/C27H33ClN2O2.ClH/c1-20(31)30-16-10-21(11-17-30)6-9-27(32)24-8-7-22-12-14-29(15-13-23(22)18-24)19-25-4-2-3-5-26(25)28;/h2-5,7-8,18,21H,6,9-17,19H2,1H3;1H. The van der Waals surface area contributed by atoms with Crippen molar-refractivity contribution >= 4 is 35.7 Å². The highest BCUT2D eigenvalue weighted by atomic mass is 35.5. The molecule has 0 bridgehead atoms. The molecule has 1 amide bonds. The van der Waals surface area contributed by atoms with Crippen LogP contribution in [0.4, 0.5) is 0 Å². The highest BCUT2D eigenvalue weighted by molar-refractivity contribution is 6.31. The summed E-state index contributed by atoms with van der Waals surface area (Å²) in [4.78, 5) is 28.7. The highest BCUT2D eigenvalue weighted by Crippen LogP contribution is 2.25. The summed E-state index contributed by atoms with van der Waals surface area (Å²) in [7, 11) is 0. The first kappa shape index (κ1) is 25.7. The summed E-state index contributed by atoms with van der Waals surface area (Å²) in [5.41, 5.74) is 4.70. The summed E-state index contributed by atoms with van der Waals surface area (Å²) in [6.45, 7) is 6.14. The second-order valence-corrected chi connectivity index (χ2v) is 9.67. The minimum atomic E-state index is 0. The maximum atomic E-state index is 12.9. The lowest BCUT2D eigenvalue weighted by Crippen LogP contribution is -2.37. The van der Waals surface area contributed by atoms with Gasteiger partial charge in [0.1, 0.15) is 0 Å². The number of likely N-dealkylation sites (tertiary alicyclic amines) is 1. The van der Waals surface area contributed by atoms with Crippen molar-refractivity contribution in [3.8, 4) is 0 Å². The lowest BCUT2D eigenvalue weighted by Gasteiger charge is -2.31. The summed E-state index contributed by atoms with van der Waals surface area (Å²) in [6.07, 6.45) is 5.51. The summed E-state index contributed by atoms with van der Waals surface area (Å²) >= 11 is 6.35. The summed E-state index contributed by atoms with van der Waals surface area (Å²) < 4.78 is 0. The molecule has 2 aliphatic heterocycles. The van der Waals surface area contributed by atoms with E-state index < -0.39 is 0 Å². The van der Waals surface area contributed by atoms with E-state index in [0.29, 0.717) is 12.3 Å². The third kappa shape index (κ3) is 6.81. The average Bonchev–Trinajstić information content (AvgIpc) is 3.01. The van der Waals surface area contributed by atoms with Crippen molar-refractivity contribution in [1.29, 1.82) is 0 Å². The summed E-state index contributed by atoms with van der Waals surface area (Å²) in [5, 5.41) is 0.828. The molecular formula is C27H34Cl2N2O2. The van der Waals surface area contributed by atoms with E-state index in [1.54, 1.807) is 6.92 Å². The van der Waals surface area contributed by atoms with Gasteiger partial charge in [0.15, 0.2) is 5.78 Å². The first-order valence-corrected chi connectivity index (χ1v) is 12.2. The van der Waals surface area contributed by atoms with Gasteiger partial charge in [-0.05, 0) is 66.8 Å². The Balaban J connectivity index is 0.00000306. The van der Waals surface area contributed by atoms with Crippen LogP contribution in [0.2, 0.25) is 5.02 Å². The topological polar surface area (TPSA) is 40.6 Å². The van der Waals surface area contributed by atoms with Crippen molar-refractivity contribution in [3.05, 3.63) is 69.7 Å². The van der Waals surface area contributed by atoms with E-state index in [1.165, 1.54) is 16.7 Å². The van der Waals surface area contributed by atoms with Crippen LogP contribution in [0.25, 0.3) is 0 Å². The minimum Gasteiger partial charge on any atom is -0.343 e. The largest absolute Gasteiger partial charge is 0.343 e. The summed E-state index contributed by atoms with van der Waals surface area (Å²) in [6, 6.07) is 14.4. The second kappa shape index (κ2) is 12.0. The molecule has 4 nitrogen and oxygen atoms in total. The number of benzene rings is 2. The van der Waals surface area contributed by atoms with E-state index in [4.69, 9.17) is 11.6 Å². The van der Waals surface area contributed by atoms with Gasteiger partial charge in [-0.15, -0.1) is 12.4 Å². The van der Waals surface area contributed by atoms with Crippen LogP contribution >= 0.6 is 24.0 Å². The second-order valence-electron chi connectivity index (χ2n) is 9.26. The van der Waals surface area contributed by atoms with E-state index in [-0.39, 0.29) is 24.1 Å². The average molecular weight is 489 g/mol. The van der Waals surface area contributed by atoms with Crippen LogP contribution in [0.1, 0.15) is 59.7 Å². The maximum absolute atomic E-state index is 12.9. The molecule has 178 valence electrons. The van der Waals surface area contributed by atoms with Crippen LogP contribution in [0.15, 0.2) is 42.5 Å². The van der Waals surface area contributed by atoms with E-state index in [2.05, 4.69) is 23.1 Å². The van der Waals surface area contributed by atoms with Gasteiger partial charge in [0.05, 0.1) is 0 Å². The van der Waals surface area contributed by atoms with Gasteiger partial charge >= 0.3 is 0 Å². The van der Waals surface area contributed by atoms with Crippen LogP contribution in [-0.4, -0.2) is 47.7 Å². The fourth-order valence-corrected chi connectivity index (χ4v) is 5.18. The molecule has 0 unspecified atom stereocenters. The zero-order valence-corrected chi connectivity index (χ0v) is 21.0. The van der Waals surface area contributed by atoms with Crippen LogP contribution in [0.3, 0.4) is 0 Å². The molecule has 0 N–H and O–H groups in total. The first-order valence-electron chi connectivity index (χ1n) is 11.9. The van der Waals surface area contributed by atoms with Gasteiger partial charge in [0.25, 0.3) is 0 Å². The summed E-state index contributed by atoms with van der Waals surface area (Å²) in [5.74, 6) is 0.961. The molecule has 4 rings (SSSR count). The number of amides is 1. The molecule has 6 heteroatoms. The maximum Gasteiger partial charge on any atom is 0.219 e. The zero-order chi connectivity index (χ0) is 22.5. The van der Waals surface area contributed by atoms with Crippen molar-refractivity contribution in [1.82, 2.24) is 9.80 Å². The minimum absolute atomic E-state index is 0. The normalized spacial score (nSPS) is 17.1. The van der Waals surface area contributed by atoms with Crippen molar-refractivity contribution in [2.75, 3.05) is 26.2 Å². The number of nitrogens with zero attached hydrogens (tertiary/aromatic N) is 2. The molecular weight excluding hydrogens is 455 g/mol. The molecule has 0 radical (unpaired) electrons. The smallest absolute Gasteiger partial charge is 0.219 e. The molecule has 0 aromatic heterocycles. The number of fused-ring (bicyclic) bond motifs is 1. The number of hydrogen-bond acceptors (Lipinski definition) is 3. The molecule has 2 heterocycles. The molecule has 2 aliphatic rings. The molecule has 0 atom stereocenters. The van der Waals surface area contributed by atoms with E-state index in [0.717, 1.165) is 75.4 Å². The molecule has 0 aliphatic carbocycles. The highest BCUT2D eigenvalue weighted by Gasteiger charge is 2.22. The Bertz CT molecular complexity index is 970. The quantitative estimate of drug-likeness (QED) is 0.497. The van der Waals surface area contributed by atoms with Crippen molar-refractivity contribution < 1.29 is 9.59 Å². The fourth-order valence-electron chi connectivity index (χ4n) is 4.99. The number of rotatable bonds is 6. The van der Waals surface area contributed by atoms with Gasteiger partial charge < -0.3 is 4.90 Å². The van der Waals surface area contributed by atoms with Crippen LogP contribution in [-0.2, 0) is 24.2 Å². The van der Waals surface area contributed by atoms with Gasteiger partial charge in [-0.3, -0.25) is 14.5 Å². The van der Waals surface area contributed by atoms with Crippen molar-refractivity contribution in [2.45, 2.75) is 52.0 Å². The SMILES string of the molecule is CC(=O)N1CCC(CCC(=O)c2ccc3c(c2)CCN(Cc2ccccc2Cl)CC3)CC1.Cl. The zero-order valence-electron chi connectivity index (χ0n) is 19.4. The van der Waals surface area contributed by atoms with E-state index in [9.17, 15) is 9.59 Å². The fraction of sp³-hybridized carbons (Fsp3) is 0.481. The Labute approximate surface area is 208 Å². The van der Waals surface area contributed by atoms with Crippen LogP contribution < -0.4 is 0 Å². The molecule has 1 fully saturated rings. The third-order valence-corrected chi connectivity index (χ3v) is 7.48. The first-order chi connectivity index (χ1) is 15.5. The van der Waals surface area contributed by atoms with Gasteiger partial charge in [0.2, 0.25) is 5.91 Å². The predicted molar refractivity (Wildman–Crippen MR) is 136 cm³/mol. The van der Waals surface area contributed by atoms with Gasteiger partial charge in [-0.1, -0.05) is 41.9 Å². The molecule has 0 saturated carbocycles. The Hall–Kier alpha value is -1.88. The number of Topliss-reactive ketones (excluding diaryl/α,β-unsaturated/α-hetero) is 1. The number of carbonyl (C=O) groups excluding carboxylic acids is 2. The van der Waals surface area contributed by atoms with Crippen LogP contribution in [0, 0.1) is 5.92 Å². The van der Waals surface area contributed by atoms with E-state index >= 15 is 0 Å². The number of piperidine rings is 1. The number of ketones is 1. The van der Waals surface area contributed by atoms with Gasteiger partial charge in [-0.25, -0.2) is 0 Å². The van der Waals surface area contributed by atoms with E-state index in [1.807, 2.05) is 29.2 Å². The Kier molecular flexibility index (Phi) is 9.37. The molecule has 1 saturated heterocycles. The predicted octanol–water partition coefficient (Wildman–Crippen LogP) is 5.58. The van der Waals surface area contributed by atoms with Crippen LogP contribution in [0.5, 0.6) is 0 Å².